The summed E-state index contributed by atoms with van der Waals surface area (Å²) in [6.07, 6.45) is 0.766. The summed E-state index contributed by atoms with van der Waals surface area (Å²) in [5, 5.41) is 3.84. The standard InChI is InChI=1S/C18H19FN2O2/c1-12-4-9-17(10-13(12)2)23-14(3)18(22)21-20-11-15-5-7-16(19)8-6-15/h4-11,14H,1-3H3,(H,21,22)/b20-11+. The molecule has 4 nitrogen and oxygen atoms in total. The Morgan fingerprint density at radius 3 is 2.52 bits per heavy atom. The SMILES string of the molecule is Cc1ccc(OC(C)C(=O)N/N=C/c2ccc(F)cc2)cc1C. The first-order valence-corrected chi connectivity index (χ1v) is 7.28. The zero-order chi connectivity index (χ0) is 16.8. The minimum absolute atomic E-state index is 0.318. The largest absolute Gasteiger partial charge is 0.481 e. The van der Waals surface area contributed by atoms with Crippen LogP contribution in [0.25, 0.3) is 0 Å². The molecule has 0 bridgehead atoms. The van der Waals surface area contributed by atoms with Gasteiger partial charge in [-0.3, -0.25) is 4.79 Å². The first-order chi connectivity index (χ1) is 11.0. The molecule has 2 aromatic carbocycles. The molecule has 0 saturated heterocycles. The minimum atomic E-state index is -0.678. The van der Waals surface area contributed by atoms with E-state index in [0.29, 0.717) is 11.3 Å². The van der Waals surface area contributed by atoms with Crippen molar-refractivity contribution in [3.63, 3.8) is 0 Å². The third-order valence-corrected chi connectivity index (χ3v) is 3.42. The molecule has 0 aliphatic carbocycles. The highest BCUT2D eigenvalue weighted by molar-refractivity contribution is 5.84. The molecule has 1 N–H and O–H groups in total. The summed E-state index contributed by atoms with van der Waals surface area (Å²) in [7, 11) is 0. The highest BCUT2D eigenvalue weighted by Crippen LogP contribution is 2.17. The molecule has 23 heavy (non-hydrogen) atoms. The van der Waals surface area contributed by atoms with Gasteiger partial charge in [-0.2, -0.15) is 5.10 Å². The molecule has 1 amide bonds. The van der Waals surface area contributed by atoms with E-state index < -0.39 is 6.10 Å². The van der Waals surface area contributed by atoms with Crippen molar-refractivity contribution in [1.82, 2.24) is 5.43 Å². The van der Waals surface area contributed by atoms with E-state index in [-0.39, 0.29) is 11.7 Å². The highest BCUT2D eigenvalue weighted by Gasteiger charge is 2.14. The molecule has 0 spiro atoms. The monoisotopic (exact) mass is 314 g/mol. The molecule has 2 aromatic rings. The molecule has 1 atom stereocenters. The molecule has 0 fully saturated rings. The topological polar surface area (TPSA) is 50.7 Å². The van der Waals surface area contributed by atoms with Gasteiger partial charge in [-0.05, 0) is 61.7 Å². The lowest BCUT2D eigenvalue weighted by Gasteiger charge is -2.14. The van der Waals surface area contributed by atoms with Crippen LogP contribution in [0.4, 0.5) is 4.39 Å². The Kier molecular flexibility index (Phi) is 5.46. The normalized spacial score (nSPS) is 12.2. The van der Waals surface area contributed by atoms with E-state index in [2.05, 4.69) is 10.5 Å². The maximum absolute atomic E-state index is 12.8. The zero-order valence-electron chi connectivity index (χ0n) is 13.3. The third-order valence-electron chi connectivity index (χ3n) is 3.42. The molecule has 2 rings (SSSR count). The van der Waals surface area contributed by atoms with E-state index in [1.54, 1.807) is 19.1 Å². The fourth-order valence-corrected chi connectivity index (χ4v) is 1.86. The van der Waals surface area contributed by atoms with E-state index in [4.69, 9.17) is 4.74 Å². The number of carbonyl (C=O) groups is 1. The first-order valence-electron chi connectivity index (χ1n) is 7.28. The van der Waals surface area contributed by atoms with Gasteiger partial charge in [-0.1, -0.05) is 18.2 Å². The van der Waals surface area contributed by atoms with Gasteiger partial charge >= 0.3 is 0 Å². The van der Waals surface area contributed by atoms with Gasteiger partial charge in [0.05, 0.1) is 6.21 Å². The summed E-state index contributed by atoms with van der Waals surface area (Å²) >= 11 is 0. The van der Waals surface area contributed by atoms with Crippen molar-refractivity contribution in [2.45, 2.75) is 26.9 Å². The van der Waals surface area contributed by atoms with E-state index in [1.165, 1.54) is 23.9 Å². The molecule has 0 heterocycles. The Balaban J connectivity index is 1.89. The number of nitrogens with zero attached hydrogens (tertiary/aromatic N) is 1. The quantitative estimate of drug-likeness (QED) is 0.679. The lowest BCUT2D eigenvalue weighted by atomic mass is 10.1. The lowest BCUT2D eigenvalue weighted by Crippen LogP contribution is -2.33. The number of aryl methyl sites for hydroxylation is 2. The van der Waals surface area contributed by atoms with Crippen LogP contribution < -0.4 is 10.2 Å². The van der Waals surface area contributed by atoms with Crippen LogP contribution in [0.2, 0.25) is 0 Å². The van der Waals surface area contributed by atoms with Gasteiger partial charge in [0.15, 0.2) is 6.10 Å². The Morgan fingerprint density at radius 2 is 1.87 bits per heavy atom. The number of nitrogens with one attached hydrogen (secondary N) is 1. The van der Waals surface area contributed by atoms with E-state index in [0.717, 1.165) is 5.56 Å². The molecule has 0 aliphatic rings. The van der Waals surface area contributed by atoms with Crippen LogP contribution in [0.15, 0.2) is 47.6 Å². The van der Waals surface area contributed by atoms with Crippen LogP contribution in [0.5, 0.6) is 5.75 Å². The predicted octanol–water partition coefficient (Wildman–Crippen LogP) is 3.36. The van der Waals surface area contributed by atoms with Crippen molar-refractivity contribution in [2.24, 2.45) is 5.10 Å². The number of amides is 1. The summed E-state index contributed by atoms with van der Waals surface area (Å²) in [5.74, 6) is -0.0403. The number of carbonyl (C=O) groups excluding carboxylic acids is 1. The summed E-state index contributed by atoms with van der Waals surface area (Å²) in [6.45, 7) is 5.65. The molecule has 120 valence electrons. The summed E-state index contributed by atoms with van der Waals surface area (Å²) < 4.78 is 18.4. The minimum Gasteiger partial charge on any atom is -0.481 e. The van der Waals surface area contributed by atoms with Gasteiger partial charge in [-0.15, -0.1) is 0 Å². The molecule has 1 unspecified atom stereocenters. The number of hydrogen-bond acceptors (Lipinski definition) is 3. The maximum Gasteiger partial charge on any atom is 0.280 e. The molecular weight excluding hydrogens is 295 g/mol. The van der Waals surface area contributed by atoms with Crippen molar-refractivity contribution in [3.8, 4) is 5.75 Å². The van der Waals surface area contributed by atoms with E-state index in [1.807, 2.05) is 32.0 Å². The van der Waals surface area contributed by atoms with Crippen molar-refractivity contribution in [3.05, 3.63) is 65.0 Å². The van der Waals surface area contributed by atoms with Gasteiger partial charge in [0.25, 0.3) is 5.91 Å². The summed E-state index contributed by atoms with van der Waals surface area (Å²) in [4.78, 5) is 11.9. The van der Waals surface area contributed by atoms with E-state index in [9.17, 15) is 9.18 Å². The fourth-order valence-electron chi connectivity index (χ4n) is 1.86. The number of hydrazone groups is 1. The number of halogens is 1. The number of ether oxygens (including phenoxy) is 1. The van der Waals surface area contributed by atoms with Gasteiger partial charge in [0.1, 0.15) is 11.6 Å². The van der Waals surface area contributed by atoms with Gasteiger partial charge in [-0.25, -0.2) is 9.82 Å². The second kappa shape index (κ2) is 7.54. The van der Waals surface area contributed by atoms with Gasteiger partial charge in [0, 0.05) is 0 Å². The zero-order valence-corrected chi connectivity index (χ0v) is 13.3. The molecule has 0 aliphatic heterocycles. The van der Waals surface area contributed by atoms with Crippen LogP contribution >= 0.6 is 0 Å². The Bertz CT molecular complexity index is 711. The second-order valence-electron chi connectivity index (χ2n) is 5.29. The average molecular weight is 314 g/mol. The highest BCUT2D eigenvalue weighted by atomic mass is 19.1. The fraction of sp³-hybridized carbons (Fsp3) is 0.222. The van der Waals surface area contributed by atoms with Crippen molar-refractivity contribution in [1.29, 1.82) is 0 Å². The smallest absolute Gasteiger partial charge is 0.280 e. The average Bonchev–Trinajstić information content (AvgIpc) is 2.52. The molecule has 0 radical (unpaired) electrons. The second-order valence-corrected chi connectivity index (χ2v) is 5.29. The number of hydrogen-bond donors (Lipinski definition) is 1. The van der Waals surface area contributed by atoms with Gasteiger partial charge < -0.3 is 4.74 Å². The van der Waals surface area contributed by atoms with Crippen LogP contribution in [0, 0.1) is 19.7 Å². The Labute approximate surface area is 135 Å². The first kappa shape index (κ1) is 16.7. The molecule has 5 heteroatoms. The van der Waals surface area contributed by atoms with Gasteiger partial charge in [0.2, 0.25) is 0 Å². The van der Waals surface area contributed by atoms with Crippen LogP contribution in [-0.4, -0.2) is 18.2 Å². The number of rotatable bonds is 5. The molecular formula is C18H19FN2O2. The van der Waals surface area contributed by atoms with Crippen molar-refractivity contribution >= 4 is 12.1 Å². The Hall–Kier alpha value is -2.69. The molecule has 0 saturated carbocycles. The predicted molar refractivity (Wildman–Crippen MR) is 88.1 cm³/mol. The van der Waals surface area contributed by atoms with Crippen LogP contribution in [0.3, 0.4) is 0 Å². The summed E-state index contributed by atoms with van der Waals surface area (Å²) in [6, 6.07) is 11.5. The molecule has 0 aromatic heterocycles. The Morgan fingerprint density at radius 1 is 1.17 bits per heavy atom. The van der Waals surface area contributed by atoms with E-state index >= 15 is 0 Å². The van der Waals surface area contributed by atoms with Crippen LogP contribution in [-0.2, 0) is 4.79 Å². The maximum atomic E-state index is 12.8. The van der Waals surface area contributed by atoms with Crippen LogP contribution in [0.1, 0.15) is 23.6 Å². The number of benzene rings is 2. The van der Waals surface area contributed by atoms with Crippen molar-refractivity contribution in [2.75, 3.05) is 0 Å². The third kappa shape index (κ3) is 4.92. The summed E-state index contributed by atoms with van der Waals surface area (Å²) in [5.41, 5.74) is 5.36. The van der Waals surface area contributed by atoms with Crippen molar-refractivity contribution < 1.29 is 13.9 Å². The lowest BCUT2D eigenvalue weighted by molar-refractivity contribution is -0.127.